The Morgan fingerprint density at radius 2 is 2.00 bits per heavy atom. The minimum atomic E-state index is -0.581. The fraction of sp³-hybridized carbons (Fsp3) is 0.0833. The Bertz CT molecular complexity index is 511. The van der Waals surface area contributed by atoms with E-state index in [2.05, 4.69) is 20.9 Å². The molecule has 0 aliphatic carbocycles. The summed E-state index contributed by atoms with van der Waals surface area (Å²) in [6, 6.07) is 5.40. The predicted molar refractivity (Wildman–Crippen MR) is 67.2 cm³/mol. The minimum absolute atomic E-state index is 0.350. The lowest BCUT2D eigenvalue weighted by atomic mass is 10.3. The van der Waals surface area contributed by atoms with Gasteiger partial charge in [-0.1, -0.05) is 11.8 Å². The summed E-state index contributed by atoms with van der Waals surface area (Å²) in [6.45, 7) is 1.92. The highest BCUT2D eigenvalue weighted by atomic mass is 79.9. The van der Waals surface area contributed by atoms with E-state index in [1.807, 2.05) is 13.0 Å². The van der Waals surface area contributed by atoms with Crippen molar-refractivity contribution in [3.63, 3.8) is 0 Å². The fourth-order valence-electron chi connectivity index (χ4n) is 1.26. The average Bonchev–Trinajstić information content (AvgIpc) is 2.25. The summed E-state index contributed by atoms with van der Waals surface area (Å²) < 4.78 is 27.0. The van der Waals surface area contributed by atoms with Crippen LogP contribution in [0.1, 0.15) is 5.56 Å². The van der Waals surface area contributed by atoms with Crippen molar-refractivity contribution in [2.75, 3.05) is 0 Å². The third kappa shape index (κ3) is 3.04. The van der Waals surface area contributed by atoms with E-state index in [4.69, 9.17) is 0 Å². The molecular formula is C12H8BrF2NS. The molecule has 0 radical (unpaired) electrons. The van der Waals surface area contributed by atoms with E-state index in [0.29, 0.717) is 9.92 Å². The van der Waals surface area contributed by atoms with Crippen LogP contribution in [0, 0.1) is 18.6 Å². The van der Waals surface area contributed by atoms with Crippen LogP contribution in [0.25, 0.3) is 0 Å². The van der Waals surface area contributed by atoms with Gasteiger partial charge in [0, 0.05) is 17.2 Å². The van der Waals surface area contributed by atoms with Crippen LogP contribution in [-0.2, 0) is 0 Å². The zero-order valence-corrected chi connectivity index (χ0v) is 11.3. The maximum Gasteiger partial charge on any atom is 0.140 e. The molecule has 17 heavy (non-hydrogen) atoms. The number of benzene rings is 1. The number of pyridine rings is 1. The van der Waals surface area contributed by atoms with Crippen LogP contribution in [0.4, 0.5) is 8.78 Å². The molecule has 1 heterocycles. The van der Waals surface area contributed by atoms with Crippen molar-refractivity contribution in [1.82, 2.24) is 4.98 Å². The number of aromatic nitrogens is 1. The van der Waals surface area contributed by atoms with Gasteiger partial charge in [-0.3, -0.25) is 0 Å². The Kier molecular flexibility index (Phi) is 3.79. The van der Waals surface area contributed by atoms with Crippen LogP contribution in [0.15, 0.2) is 44.9 Å². The lowest BCUT2D eigenvalue weighted by molar-refractivity contribution is 0.565. The van der Waals surface area contributed by atoms with Crippen molar-refractivity contribution in [2.45, 2.75) is 16.8 Å². The van der Waals surface area contributed by atoms with Crippen LogP contribution in [0.3, 0.4) is 0 Å². The second-order valence-corrected chi connectivity index (χ2v) is 5.36. The van der Waals surface area contributed by atoms with Gasteiger partial charge >= 0.3 is 0 Å². The number of hydrogen-bond donors (Lipinski definition) is 0. The van der Waals surface area contributed by atoms with Gasteiger partial charge in [0.1, 0.15) is 16.7 Å². The largest absolute Gasteiger partial charge is 0.248 e. The molecule has 0 aliphatic heterocycles. The minimum Gasteiger partial charge on any atom is -0.248 e. The standard InChI is InChI=1S/C12H8BrF2NS/c1-7-4-9(13)12(16-6-7)17-11-3-2-8(14)5-10(11)15/h2-6H,1H3. The Morgan fingerprint density at radius 3 is 2.65 bits per heavy atom. The van der Waals surface area contributed by atoms with Gasteiger partial charge in [0.25, 0.3) is 0 Å². The number of hydrogen-bond acceptors (Lipinski definition) is 2. The Labute approximate surface area is 110 Å². The zero-order valence-electron chi connectivity index (χ0n) is 8.88. The molecule has 2 rings (SSSR count). The predicted octanol–water partition coefficient (Wildman–Crippen LogP) is 4.58. The van der Waals surface area contributed by atoms with Crippen molar-refractivity contribution in [2.24, 2.45) is 0 Å². The molecule has 2 aromatic rings. The van der Waals surface area contributed by atoms with E-state index < -0.39 is 11.6 Å². The molecule has 0 N–H and O–H groups in total. The van der Waals surface area contributed by atoms with Crippen LogP contribution in [0.5, 0.6) is 0 Å². The molecule has 0 unspecified atom stereocenters. The molecule has 0 amide bonds. The first-order valence-electron chi connectivity index (χ1n) is 4.81. The van der Waals surface area contributed by atoms with Gasteiger partial charge in [-0.2, -0.15) is 0 Å². The highest BCUT2D eigenvalue weighted by Crippen LogP contribution is 2.33. The summed E-state index contributed by atoms with van der Waals surface area (Å²) in [4.78, 5) is 4.54. The molecule has 0 fully saturated rings. The molecule has 1 aromatic carbocycles. The Morgan fingerprint density at radius 1 is 1.24 bits per heavy atom. The van der Waals surface area contributed by atoms with Crippen LogP contribution < -0.4 is 0 Å². The van der Waals surface area contributed by atoms with E-state index in [1.54, 1.807) is 6.20 Å². The van der Waals surface area contributed by atoms with Crippen molar-refractivity contribution >= 4 is 27.7 Å². The Balaban J connectivity index is 2.31. The normalized spacial score (nSPS) is 10.6. The summed E-state index contributed by atoms with van der Waals surface area (Å²) in [6.07, 6.45) is 1.70. The number of aryl methyl sites for hydroxylation is 1. The SMILES string of the molecule is Cc1cnc(Sc2ccc(F)cc2F)c(Br)c1. The molecule has 88 valence electrons. The van der Waals surface area contributed by atoms with E-state index in [0.717, 1.165) is 27.9 Å². The molecule has 0 atom stereocenters. The second-order valence-electron chi connectivity index (χ2n) is 3.48. The van der Waals surface area contributed by atoms with Crippen molar-refractivity contribution < 1.29 is 8.78 Å². The lowest BCUT2D eigenvalue weighted by Crippen LogP contribution is -1.87. The molecule has 1 aromatic heterocycles. The van der Waals surface area contributed by atoms with E-state index in [-0.39, 0.29) is 0 Å². The van der Waals surface area contributed by atoms with Gasteiger partial charge in [0.2, 0.25) is 0 Å². The number of halogens is 3. The highest BCUT2D eigenvalue weighted by Gasteiger charge is 2.09. The first kappa shape index (κ1) is 12.5. The molecule has 0 aliphatic rings. The summed E-state index contributed by atoms with van der Waals surface area (Å²) in [7, 11) is 0. The van der Waals surface area contributed by atoms with Crippen LogP contribution in [-0.4, -0.2) is 4.98 Å². The molecule has 1 nitrogen and oxygen atoms in total. The van der Waals surface area contributed by atoms with E-state index in [9.17, 15) is 8.78 Å². The van der Waals surface area contributed by atoms with Gasteiger partial charge in [0.05, 0.1) is 4.47 Å². The molecular weight excluding hydrogens is 308 g/mol. The fourth-order valence-corrected chi connectivity index (χ4v) is 2.73. The maximum absolute atomic E-state index is 13.4. The summed E-state index contributed by atoms with van der Waals surface area (Å²) >= 11 is 4.52. The van der Waals surface area contributed by atoms with Gasteiger partial charge in [0.15, 0.2) is 0 Å². The summed E-state index contributed by atoms with van der Waals surface area (Å²) in [5, 5.41) is 0.654. The topological polar surface area (TPSA) is 12.9 Å². The van der Waals surface area contributed by atoms with Gasteiger partial charge in [-0.15, -0.1) is 0 Å². The Hall–Kier alpha value is -0.940. The average molecular weight is 316 g/mol. The third-order valence-corrected chi connectivity index (χ3v) is 3.98. The quantitative estimate of drug-likeness (QED) is 0.804. The first-order chi connectivity index (χ1) is 8.06. The van der Waals surface area contributed by atoms with Gasteiger partial charge < -0.3 is 0 Å². The molecule has 0 saturated carbocycles. The smallest absolute Gasteiger partial charge is 0.140 e. The molecule has 5 heteroatoms. The van der Waals surface area contributed by atoms with Gasteiger partial charge in [-0.05, 0) is 46.6 Å². The molecule has 0 saturated heterocycles. The van der Waals surface area contributed by atoms with Crippen molar-refractivity contribution in [3.8, 4) is 0 Å². The number of rotatable bonds is 2. The molecule has 0 bridgehead atoms. The first-order valence-corrected chi connectivity index (χ1v) is 6.42. The third-order valence-electron chi connectivity index (χ3n) is 2.04. The highest BCUT2D eigenvalue weighted by molar-refractivity contribution is 9.10. The lowest BCUT2D eigenvalue weighted by Gasteiger charge is -2.05. The monoisotopic (exact) mass is 315 g/mol. The van der Waals surface area contributed by atoms with Crippen LogP contribution >= 0.6 is 27.7 Å². The van der Waals surface area contributed by atoms with Crippen molar-refractivity contribution in [1.29, 1.82) is 0 Å². The van der Waals surface area contributed by atoms with Gasteiger partial charge in [-0.25, -0.2) is 13.8 Å². The summed E-state index contributed by atoms with van der Waals surface area (Å²) in [5.41, 5.74) is 1.01. The van der Waals surface area contributed by atoms with E-state index >= 15 is 0 Å². The molecule has 0 spiro atoms. The van der Waals surface area contributed by atoms with Crippen LogP contribution in [0.2, 0.25) is 0 Å². The second kappa shape index (κ2) is 5.14. The summed E-state index contributed by atoms with van der Waals surface area (Å²) in [5.74, 6) is -1.16. The van der Waals surface area contributed by atoms with Crippen molar-refractivity contribution in [3.05, 3.63) is 52.1 Å². The maximum atomic E-state index is 13.4. The zero-order chi connectivity index (χ0) is 12.4. The number of nitrogens with zero attached hydrogens (tertiary/aromatic N) is 1. The van der Waals surface area contributed by atoms with E-state index in [1.165, 1.54) is 12.1 Å².